The van der Waals surface area contributed by atoms with Gasteiger partial charge in [0.2, 0.25) is 0 Å². The average molecular weight is 389 g/mol. The standard InChI is InChI=1S/C23H23N3O3/c1-2-20-21-14-19(22(27)24-29)15-25(21)12-13-26(20)23(28)18-10-8-17(9-11-18)16-6-4-3-5-7-16/h3-11,14-15,20,29H,2,12-13H2,1H3,(H,24,27). The molecular weight excluding hydrogens is 366 g/mol. The lowest BCUT2D eigenvalue weighted by Crippen LogP contribution is -2.41. The predicted octanol–water partition coefficient (Wildman–Crippen LogP) is 3.88. The van der Waals surface area contributed by atoms with E-state index in [0.717, 1.165) is 23.2 Å². The summed E-state index contributed by atoms with van der Waals surface area (Å²) in [6.07, 6.45) is 2.46. The van der Waals surface area contributed by atoms with Crippen molar-refractivity contribution in [2.24, 2.45) is 0 Å². The summed E-state index contributed by atoms with van der Waals surface area (Å²) in [4.78, 5) is 26.8. The van der Waals surface area contributed by atoms with Crippen LogP contribution in [0.25, 0.3) is 11.1 Å². The van der Waals surface area contributed by atoms with Gasteiger partial charge in [0.25, 0.3) is 11.8 Å². The molecule has 0 saturated heterocycles. The number of benzene rings is 2. The first-order valence-electron chi connectivity index (χ1n) is 9.73. The molecule has 2 aromatic carbocycles. The van der Waals surface area contributed by atoms with Gasteiger partial charge in [0.1, 0.15) is 0 Å². The van der Waals surface area contributed by atoms with Gasteiger partial charge in [-0.05, 0) is 35.7 Å². The maximum Gasteiger partial charge on any atom is 0.276 e. The second-order valence-corrected chi connectivity index (χ2v) is 7.15. The van der Waals surface area contributed by atoms with E-state index in [2.05, 4.69) is 0 Å². The smallest absolute Gasteiger partial charge is 0.276 e. The Morgan fingerprint density at radius 2 is 1.69 bits per heavy atom. The molecule has 0 saturated carbocycles. The van der Waals surface area contributed by atoms with Crippen molar-refractivity contribution in [1.82, 2.24) is 14.9 Å². The quantitative estimate of drug-likeness (QED) is 0.525. The van der Waals surface area contributed by atoms with Crippen molar-refractivity contribution in [3.63, 3.8) is 0 Å². The van der Waals surface area contributed by atoms with Gasteiger partial charge >= 0.3 is 0 Å². The van der Waals surface area contributed by atoms with Crippen LogP contribution in [-0.4, -0.2) is 33.0 Å². The molecule has 1 unspecified atom stereocenters. The number of fused-ring (bicyclic) bond motifs is 1. The lowest BCUT2D eigenvalue weighted by Gasteiger charge is -2.36. The second kappa shape index (κ2) is 7.93. The van der Waals surface area contributed by atoms with Crippen molar-refractivity contribution in [2.75, 3.05) is 6.54 Å². The molecule has 0 bridgehead atoms. The molecule has 4 rings (SSSR count). The first-order valence-corrected chi connectivity index (χ1v) is 9.73. The van der Waals surface area contributed by atoms with E-state index in [9.17, 15) is 9.59 Å². The Labute approximate surface area is 169 Å². The molecule has 6 heteroatoms. The number of aromatic nitrogens is 1. The van der Waals surface area contributed by atoms with Gasteiger partial charge < -0.3 is 9.47 Å². The number of hydrogen-bond donors (Lipinski definition) is 2. The maximum atomic E-state index is 13.2. The molecular formula is C23H23N3O3. The third kappa shape index (κ3) is 3.54. The minimum absolute atomic E-state index is 0.0166. The molecule has 148 valence electrons. The van der Waals surface area contributed by atoms with Crippen molar-refractivity contribution < 1.29 is 14.8 Å². The van der Waals surface area contributed by atoms with Gasteiger partial charge in [-0.25, -0.2) is 5.48 Å². The van der Waals surface area contributed by atoms with Gasteiger partial charge in [-0.15, -0.1) is 0 Å². The summed E-state index contributed by atoms with van der Waals surface area (Å²) in [7, 11) is 0. The minimum atomic E-state index is -0.545. The molecule has 0 aliphatic carbocycles. The molecule has 29 heavy (non-hydrogen) atoms. The van der Waals surface area contributed by atoms with E-state index in [1.165, 1.54) is 0 Å². The van der Waals surface area contributed by atoms with Crippen molar-refractivity contribution >= 4 is 11.8 Å². The maximum absolute atomic E-state index is 13.2. The van der Waals surface area contributed by atoms with E-state index in [1.54, 1.807) is 17.7 Å². The largest absolute Gasteiger partial charge is 0.347 e. The Kier molecular flexibility index (Phi) is 5.18. The van der Waals surface area contributed by atoms with Crippen molar-refractivity contribution in [3.05, 3.63) is 83.7 Å². The highest BCUT2D eigenvalue weighted by molar-refractivity contribution is 5.95. The number of amides is 2. The molecule has 0 radical (unpaired) electrons. The molecule has 2 amide bonds. The lowest BCUT2D eigenvalue weighted by molar-refractivity contribution is 0.0617. The number of rotatable bonds is 4. The summed E-state index contributed by atoms with van der Waals surface area (Å²) in [6.45, 7) is 3.20. The third-order valence-electron chi connectivity index (χ3n) is 5.48. The van der Waals surface area contributed by atoms with Crippen molar-refractivity contribution in [3.8, 4) is 11.1 Å². The highest BCUT2D eigenvalue weighted by Gasteiger charge is 2.31. The molecule has 0 spiro atoms. The Bertz CT molecular complexity index is 1030. The average Bonchev–Trinajstić information content (AvgIpc) is 3.22. The number of nitrogens with zero attached hydrogens (tertiary/aromatic N) is 2. The highest BCUT2D eigenvalue weighted by Crippen LogP contribution is 2.31. The van der Waals surface area contributed by atoms with Crippen LogP contribution in [0.4, 0.5) is 0 Å². The monoisotopic (exact) mass is 389 g/mol. The highest BCUT2D eigenvalue weighted by atomic mass is 16.5. The molecule has 2 N–H and O–H groups in total. The van der Waals surface area contributed by atoms with E-state index in [1.807, 2.05) is 71.0 Å². The van der Waals surface area contributed by atoms with Crippen LogP contribution < -0.4 is 5.48 Å². The Morgan fingerprint density at radius 3 is 2.34 bits per heavy atom. The SMILES string of the molecule is CCC1c2cc(C(=O)NO)cn2CCN1C(=O)c1ccc(-c2ccccc2)cc1. The van der Waals surface area contributed by atoms with E-state index in [0.29, 0.717) is 24.2 Å². The summed E-state index contributed by atoms with van der Waals surface area (Å²) in [6, 6.07) is 19.4. The van der Waals surface area contributed by atoms with Crippen LogP contribution in [0.2, 0.25) is 0 Å². The van der Waals surface area contributed by atoms with E-state index in [4.69, 9.17) is 5.21 Å². The van der Waals surface area contributed by atoms with Crippen LogP contribution in [0.1, 0.15) is 45.8 Å². The molecule has 0 fully saturated rings. The minimum Gasteiger partial charge on any atom is -0.347 e. The zero-order chi connectivity index (χ0) is 20.4. The molecule has 1 aromatic heterocycles. The van der Waals surface area contributed by atoms with Crippen LogP contribution in [0, 0.1) is 0 Å². The molecule has 6 nitrogen and oxygen atoms in total. The summed E-state index contributed by atoms with van der Waals surface area (Å²) in [5.41, 5.74) is 5.80. The van der Waals surface area contributed by atoms with Gasteiger partial charge in [0.15, 0.2) is 0 Å². The third-order valence-corrected chi connectivity index (χ3v) is 5.48. The van der Waals surface area contributed by atoms with Crippen molar-refractivity contribution in [1.29, 1.82) is 0 Å². The Balaban J connectivity index is 1.58. The lowest BCUT2D eigenvalue weighted by atomic mass is 10.0. The normalized spacial score (nSPS) is 15.7. The number of carbonyl (C=O) groups is 2. The van der Waals surface area contributed by atoms with Crippen LogP contribution in [0.5, 0.6) is 0 Å². The van der Waals surface area contributed by atoms with Crippen LogP contribution in [-0.2, 0) is 6.54 Å². The molecule has 3 aromatic rings. The summed E-state index contributed by atoms with van der Waals surface area (Å²) in [5, 5.41) is 8.89. The van der Waals surface area contributed by atoms with Crippen LogP contribution in [0.3, 0.4) is 0 Å². The Hall–Kier alpha value is -3.38. The first-order chi connectivity index (χ1) is 14.1. The second-order valence-electron chi connectivity index (χ2n) is 7.15. The number of hydrogen-bond acceptors (Lipinski definition) is 3. The fraction of sp³-hybridized carbons (Fsp3) is 0.217. The zero-order valence-corrected chi connectivity index (χ0v) is 16.2. The molecule has 2 heterocycles. The number of nitrogens with one attached hydrogen (secondary N) is 1. The van der Waals surface area contributed by atoms with Gasteiger partial charge in [-0.1, -0.05) is 49.4 Å². The van der Waals surface area contributed by atoms with Gasteiger partial charge in [-0.2, -0.15) is 0 Å². The molecule has 1 atom stereocenters. The molecule has 1 aliphatic rings. The van der Waals surface area contributed by atoms with E-state index >= 15 is 0 Å². The Morgan fingerprint density at radius 1 is 1.00 bits per heavy atom. The molecule has 1 aliphatic heterocycles. The fourth-order valence-corrected chi connectivity index (χ4v) is 4.00. The van der Waals surface area contributed by atoms with Gasteiger partial charge in [0.05, 0.1) is 11.6 Å². The first kappa shape index (κ1) is 19.0. The van der Waals surface area contributed by atoms with Crippen molar-refractivity contribution in [2.45, 2.75) is 25.9 Å². The van der Waals surface area contributed by atoms with E-state index < -0.39 is 5.91 Å². The number of hydroxylamine groups is 1. The predicted molar refractivity (Wildman–Crippen MR) is 110 cm³/mol. The summed E-state index contributed by atoms with van der Waals surface area (Å²) in [5.74, 6) is -0.562. The van der Waals surface area contributed by atoms with Crippen LogP contribution in [0.15, 0.2) is 66.9 Å². The zero-order valence-electron chi connectivity index (χ0n) is 16.2. The van der Waals surface area contributed by atoms with Crippen LogP contribution >= 0.6 is 0 Å². The topological polar surface area (TPSA) is 74.6 Å². The number of carbonyl (C=O) groups excluding carboxylic acids is 2. The van der Waals surface area contributed by atoms with E-state index in [-0.39, 0.29) is 11.9 Å². The van der Waals surface area contributed by atoms with Gasteiger partial charge in [0, 0.05) is 30.5 Å². The summed E-state index contributed by atoms with van der Waals surface area (Å²) >= 11 is 0. The summed E-state index contributed by atoms with van der Waals surface area (Å²) < 4.78 is 1.99. The fourth-order valence-electron chi connectivity index (χ4n) is 4.00. The van der Waals surface area contributed by atoms with Gasteiger partial charge in [-0.3, -0.25) is 14.8 Å².